The molecule has 0 spiro atoms. The zero-order chi connectivity index (χ0) is 14.8. The molecular weight excluding hydrogens is 264 g/mol. The summed E-state index contributed by atoms with van der Waals surface area (Å²) in [6, 6.07) is 0. The van der Waals surface area contributed by atoms with Gasteiger partial charge in [0.25, 0.3) is 0 Å². The molecule has 0 unspecified atom stereocenters. The lowest BCUT2D eigenvalue weighted by Gasteiger charge is -2.29. The molecule has 114 valence electrons. The van der Waals surface area contributed by atoms with Crippen LogP contribution in [0.25, 0.3) is 0 Å². The fourth-order valence-corrected chi connectivity index (χ4v) is 4.00. The summed E-state index contributed by atoms with van der Waals surface area (Å²) in [5.74, 6) is 2.51. The van der Waals surface area contributed by atoms with Crippen LogP contribution in [-0.2, 0) is 6.54 Å². The Bertz CT molecular complexity index is 409. The first-order valence-electron chi connectivity index (χ1n) is 8.05. The van der Waals surface area contributed by atoms with Crippen molar-refractivity contribution in [3.8, 4) is 0 Å². The van der Waals surface area contributed by atoms with Crippen molar-refractivity contribution < 1.29 is 0 Å². The van der Waals surface area contributed by atoms with E-state index in [0.717, 1.165) is 24.3 Å². The smallest absolute Gasteiger partial charge is 0.0959 e. The minimum atomic E-state index is 0.180. The van der Waals surface area contributed by atoms with Crippen molar-refractivity contribution in [2.45, 2.75) is 78.3 Å². The molecular formula is C17H30N2S. The van der Waals surface area contributed by atoms with Crippen molar-refractivity contribution in [2.75, 3.05) is 0 Å². The highest BCUT2D eigenvalue weighted by Gasteiger charge is 2.26. The maximum Gasteiger partial charge on any atom is 0.0959 e. The maximum atomic E-state index is 4.69. The summed E-state index contributed by atoms with van der Waals surface area (Å²) in [4.78, 5) is 6.06. The highest BCUT2D eigenvalue weighted by Crippen LogP contribution is 2.39. The van der Waals surface area contributed by atoms with E-state index in [2.05, 4.69) is 51.1 Å². The van der Waals surface area contributed by atoms with E-state index >= 15 is 0 Å². The standard InChI is InChI=1S/C17H30N2S/c1-12(2)13-6-8-14(9-7-13)16-18-10-15(20-16)11-19-17(3,4)5/h10,12-14,19H,6-9,11H2,1-5H3. The lowest BCUT2D eigenvalue weighted by molar-refractivity contribution is 0.258. The summed E-state index contributed by atoms with van der Waals surface area (Å²) >= 11 is 1.92. The van der Waals surface area contributed by atoms with E-state index in [9.17, 15) is 0 Å². The molecule has 1 N–H and O–H groups in total. The van der Waals surface area contributed by atoms with Crippen LogP contribution in [0.2, 0.25) is 0 Å². The maximum absolute atomic E-state index is 4.69. The van der Waals surface area contributed by atoms with Crippen LogP contribution in [0.4, 0.5) is 0 Å². The second-order valence-electron chi connectivity index (χ2n) is 7.62. The van der Waals surface area contributed by atoms with Crippen LogP contribution in [0.5, 0.6) is 0 Å². The average Bonchev–Trinajstić information content (AvgIpc) is 2.84. The van der Waals surface area contributed by atoms with Gasteiger partial charge in [-0.3, -0.25) is 0 Å². The molecule has 1 heterocycles. The highest BCUT2D eigenvalue weighted by atomic mass is 32.1. The van der Waals surface area contributed by atoms with E-state index in [1.165, 1.54) is 35.6 Å². The van der Waals surface area contributed by atoms with Gasteiger partial charge in [0, 0.05) is 29.1 Å². The summed E-state index contributed by atoms with van der Waals surface area (Å²) in [5.41, 5.74) is 0.180. The van der Waals surface area contributed by atoms with Crippen molar-refractivity contribution in [1.29, 1.82) is 0 Å². The van der Waals surface area contributed by atoms with Gasteiger partial charge in [-0.15, -0.1) is 11.3 Å². The molecule has 0 aromatic carbocycles. The number of thiazole rings is 1. The summed E-state index contributed by atoms with van der Waals surface area (Å²) < 4.78 is 0. The van der Waals surface area contributed by atoms with Crippen molar-refractivity contribution in [3.05, 3.63) is 16.1 Å². The topological polar surface area (TPSA) is 24.9 Å². The third-order valence-electron chi connectivity index (χ3n) is 4.43. The first-order valence-corrected chi connectivity index (χ1v) is 8.86. The molecule has 0 saturated heterocycles. The number of nitrogens with one attached hydrogen (secondary N) is 1. The molecule has 1 fully saturated rings. The molecule has 1 aliphatic carbocycles. The Morgan fingerprint density at radius 2 is 1.90 bits per heavy atom. The zero-order valence-electron chi connectivity index (χ0n) is 13.7. The van der Waals surface area contributed by atoms with Gasteiger partial charge < -0.3 is 5.32 Å². The molecule has 3 heteroatoms. The van der Waals surface area contributed by atoms with Crippen LogP contribution in [0.3, 0.4) is 0 Å². The third kappa shape index (κ3) is 4.56. The predicted octanol–water partition coefficient (Wildman–Crippen LogP) is 4.96. The second kappa shape index (κ2) is 6.57. The summed E-state index contributed by atoms with van der Waals surface area (Å²) in [6.07, 6.45) is 7.52. The van der Waals surface area contributed by atoms with Gasteiger partial charge in [-0.25, -0.2) is 4.98 Å². The van der Waals surface area contributed by atoms with Gasteiger partial charge in [-0.1, -0.05) is 13.8 Å². The predicted molar refractivity (Wildman–Crippen MR) is 88.2 cm³/mol. The molecule has 0 atom stereocenters. The fourth-order valence-electron chi connectivity index (χ4n) is 2.98. The largest absolute Gasteiger partial charge is 0.307 e. The van der Waals surface area contributed by atoms with Crippen LogP contribution in [0, 0.1) is 11.8 Å². The SMILES string of the molecule is CC(C)C1CCC(c2ncc(CNC(C)(C)C)s2)CC1. The Labute approximate surface area is 128 Å². The van der Waals surface area contributed by atoms with E-state index in [4.69, 9.17) is 0 Å². The third-order valence-corrected chi connectivity index (χ3v) is 5.59. The van der Waals surface area contributed by atoms with Gasteiger partial charge in [0.2, 0.25) is 0 Å². The Morgan fingerprint density at radius 3 is 2.45 bits per heavy atom. The molecule has 1 aliphatic rings. The first kappa shape index (κ1) is 16.0. The highest BCUT2D eigenvalue weighted by molar-refractivity contribution is 7.11. The van der Waals surface area contributed by atoms with Gasteiger partial charge in [0.15, 0.2) is 0 Å². The molecule has 2 rings (SSSR count). The molecule has 0 bridgehead atoms. The number of rotatable bonds is 4. The number of nitrogens with zero attached hydrogens (tertiary/aromatic N) is 1. The van der Waals surface area contributed by atoms with Crippen LogP contribution in [-0.4, -0.2) is 10.5 Å². The number of aromatic nitrogens is 1. The van der Waals surface area contributed by atoms with E-state index in [1.54, 1.807) is 0 Å². The Morgan fingerprint density at radius 1 is 1.25 bits per heavy atom. The molecule has 1 aromatic heterocycles. The Hall–Kier alpha value is -0.410. The van der Waals surface area contributed by atoms with Crippen LogP contribution in [0.15, 0.2) is 6.20 Å². The van der Waals surface area contributed by atoms with Gasteiger partial charge in [0.05, 0.1) is 5.01 Å². The van der Waals surface area contributed by atoms with E-state index in [0.29, 0.717) is 0 Å². The molecule has 0 radical (unpaired) electrons. The monoisotopic (exact) mass is 294 g/mol. The number of hydrogen-bond donors (Lipinski definition) is 1. The Balaban J connectivity index is 1.87. The van der Waals surface area contributed by atoms with E-state index in [1.807, 2.05) is 11.3 Å². The number of hydrogen-bond acceptors (Lipinski definition) is 3. The minimum Gasteiger partial charge on any atom is -0.307 e. The minimum absolute atomic E-state index is 0.180. The first-order chi connectivity index (χ1) is 9.35. The lowest BCUT2D eigenvalue weighted by atomic mass is 9.77. The Kier molecular flexibility index (Phi) is 5.25. The zero-order valence-corrected chi connectivity index (χ0v) is 14.5. The molecule has 1 aromatic rings. The summed E-state index contributed by atoms with van der Waals surface area (Å²) in [7, 11) is 0. The van der Waals surface area contributed by atoms with Crippen LogP contribution >= 0.6 is 11.3 Å². The quantitative estimate of drug-likeness (QED) is 0.849. The molecule has 2 nitrogen and oxygen atoms in total. The molecule has 0 amide bonds. The molecule has 0 aliphatic heterocycles. The van der Waals surface area contributed by atoms with Gasteiger partial charge >= 0.3 is 0 Å². The van der Waals surface area contributed by atoms with Crippen molar-refractivity contribution in [1.82, 2.24) is 10.3 Å². The van der Waals surface area contributed by atoms with Crippen LogP contribution in [0.1, 0.15) is 76.1 Å². The van der Waals surface area contributed by atoms with Gasteiger partial charge in [0.1, 0.15) is 0 Å². The van der Waals surface area contributed by atoms with Crippen LogP contribution < -0.4 is 5.32 Å². The van der Waals surface area contributed by atoms with Gasteiger partial charge in [-0.2, -0.15) is 0 Å². The fraction of sp³-hybridized carbons (Fsp3) is 0.824. The normalized spacial score (nSPS) is 24.3. The van der Waals surface area contributed by atoms with E-state index in [-0.39, 0.29) is 5.54 Å². The average molecular weight is 295 g/mol. The lowest BCUT2D eigenvalue weighted by Crippen LogP contribution is -2.34. The van der Waals surface area contributed by atoms with Gasteiger partial charge in [-0.05, 0) is 58.3 Å². The van der Waals surface area contributed by atoms with E-state index < -0.39 is 0 Å². The van der Waals surface area contributed by atoms with Crippen molar-refractivity contribution >= 4 is 11.3 Å². The van der Waals surface area contributed by atoms with Crippen molar-refractivity contribution in [3.63, 3.8) is 0 Å². The summed E-state index contributed by atoms with van der Waals surface area (Å²) in [6.45, 7) is 12.3. The molecule has 1 saturated carbocycles. The van der Waals surface area contributed by atoms with Crippen molar-refractivity contribution in [2.24, 2.45) is 11.8 Å². The second-order valence-corrected chi connectivity index (χ2v) is 8.77. The summed E-state index contributed by atoms with van der Waals surface area (Å²) in [5, 5.41) is 4.92. The molecule has 20 heavy (non-hydrogen) atoms.